The standard InChI is InChI=1S/C29H28N2O5S/c1-35-28(32)25-18-24(25)26-19-31(27(30-26)20-36-37(2,33)34)29(21-12-6-3-7-13-21,22-14-8-4-9-15-22)23-16-10-5-11-17-23/h3-17,19,24-25H,18,20H2,1-2H3. The van der Waals surface area contributed by atoms with E-state index in [1.54, 1.807) is 0 Å². The molecule has 4 aromatic rings. The molecule has 3 aromatic carbocycles. The number of rotatable bonds is 9. The maximum absolute atomic E-state index is 12.2. The van der Waals surface area contributed by atoms with Crippen molar-refractivity contribution in [3.8, 4) is 0 Å². The third-order valence-electron chi connectivity index (χ3n) is 6.81. The van der Waals surface area contributed by atoms with Gasteiger partial charge < -0.3 is 9.30 Å². The molecule has 0 aliphatic heterocycles. The SMILES string of the molecule is COC(=O)C1CC1c1cn(C(c2ccccc2)(c2ccccc2)c2ccccc2)c(COS(C)(=O)=O)n1. The van der Waals surface area contributed by atoms with E-state index in [2.05, 4.69) is 36.4 Å². The Morgan fingerprint density at radius 2 is 1.41 bits per heavy atom. The average Bonchev–Trinajstić information content (AvgIpc) is 3.61. The fourth-order valence-corrected chi connectivity index (χ4v) is 5.38. The van der Waals surface area contributed by atoms with Gasteiger partial charge in [-0.1, -0.05) is 91.0 Å². The molecule has 2 atom stereocenters. The van der Waals surface area contributed by atoms with Gasteiger partial charge in [0.1, 0.15) is 18.0 Å². The molecular weight excluding hydrogens is 488 g/mol. The largest absolute Gasteiger partial charge is 0.469 e. The highest BCUT2D eigenvalue weighted by molar-refractivity contribution is 7.85. The molecule has 0 N–H and O–H groups in total. The van der Waals surface area contributed by atoms with Gasteiger partial charge in [-0.2, -0.15) is 8.42 Å². The summed E-state index contributed by atoms with van der Waals surface area (Å²) in [5, 5.41) is 0. The van der Waals surface area contributed by atoms with Crippen LogP contribution in [0.3, 0.4) is 0 Å². The van der Waals surface area contributed by atoms with Crippen LogP contribution in [0.4, 0.5) is 0 Å². The molecule has 1 heterocycles. The summed E-state index contributed by atoms with van der Waals surface area (Å²) in [6.45, 7) is -0.247. The third kappa shape index (κ3) is 4.82. The van der Waals surface area contributed by atoms with Gasteiger partial charge in [0.05, 0.1) is 25.0 Å². The number of carbonyl (C=O) groups is 1. The Kier molecular flexibility index (Phi) is 6.70. The molecule has 37 heavy (non-hydrogen) atoms. The zero-order chi connectivity index (χ0) is 26.0. The Morgan fingerprint density at radius 1 is 0.919 bits per heavy atom. The minimum absolute atomic E-state index is 0.106. The van der Waals surface area contributed by atoms with Gasteiger partial charge in [0.2, 0.25) is 0 Å². The minimum atomic E-state index is -3.73. The number of nitrogens with zero attached hydrogens (tertiary/aromatic N) is 2. The van der Waals surface area contributed by atoms with Crippen LogP contribution in [0.15, 0.2) is 97.2 Å². The molecule has 5 rings (SSSR count). The van der Waals surface area contributed by atoms with Gasteiger partial charge >= 0.3 is 5.97 Å². The van der Waals surface area contributed by atoms with E-state index >= 15 is 0 Å². The Morgan fingerprint density at radius 3 is 1.84 bits per heavy atom. The van der Waals surface area contributed by atoms with E-state index in [1.165, 1.54) is 7.11 Å². The number of ether oxygens (including phenoxy) is 1. The van der Waals surface area contributed by atoms with E-state index in [-0.39, 0.29) is 24.4 Å². The molecule has 1 aliphatic rings. The van der Waals surface area contributed by atoms with Crippen molar-refractivity contribution >= 4 is 16.1 Å². The van der Waals surface area contributed by atoms with Gasteiger partial charge in [0, 0.05) is 12.1 Å². The predicted octanol–water partition coefficient (Wildman–Crippen LogP) is 4.48. The lowest BCUT2D eigenvalue weighted by Crippen LogP contribution is -2.38. The summed E-state index contributed by atoms with van der Waals surface area (Å²) in [7, 11) is -2.35. The van der Waals surface area contributed by atoms with Crippen molar-refractivity contribution in [2.24, 2.45) is 5.92 Å². The number of carbonyl (C=O) groups excluding carboxylic acids is 1. The number of methoxy groups -OCH3 is 1. The van der Waals surface area contributed by atoms with Crippen molar-refractivity contribution in [3.63, 3.8) is 0 Å². The number of benzene rings is 3. The molecule has 0 bridgehead atoms. The normalized spacial score (nSPS) is 17.4. The van der Waals surface area contributed by atoms with E-state index in [4.69, 9.17) is 13.9 Å². The molecule has 0 amide bonds. The molecule has 8 heteroatoms. The van der Waals surface area contributed by atoms with E-state index in [1.807, 2.05) is 65.4 Å². The highest BCUT2D eigenvalue weighted by Gasteiger charge is 2.48. The van der Waals surface area contributed by atoms with Crippen molar-refractivity contribution in [1.29, 1.82) is 0 Å². The molecule has 190 valence electrons. The Labute approximate surface area is 216 Å². The maximum Gasteiger partial charge on any atom is 0.309 e. The van der Waals surface area contributed by atoms with Crippen LogP contribution in [0.1, 0.15) is 40.5 Å². The lowest BCUT2D eigenvalue weighted by atomic mass is 9.76. The monoisotopic (exact) mass is 516 g/mol. The van der Waals surface area contributed by atoms with Crippen LogP contribution in [0.5, 0.6) is 0 Å². The number of aromatic nitrogens is 2. The Hall–Kier alpha value is -3.75. The second kappa shape index (κ2) is 9.95. The van der Waals surface area contributed by atoms with Crippen LogP contribution in [0, 0.1) is 5.92 Å². The molecule has 0 saturated heterocycles. The first kappa shape index (κ1) is 24.9. The highest BCUT2D eigenvalue weighted by Crippen LogP contribution is 2.49. The number of imidazole rings is 1. The van der Waals surface area contributed by atoms with Crippen molar-refractivity contribution in [3.05, 3.63) is 125 Å². The van der Waals surface area contributed by atoms with Gasteiger partial charge in [0.25, 0.3) is 10.1 Å². The van der Waals surface area contributed by atoms with Gasteiger partial charge in [-0.15, -0.1) is 0 Å². The predicted molar refractivity (Wildman–Crippen MR) is 139 cm³/mol. The van der Waals surface area contributed by atoms with Gasteiger partial charge in [-0.25, -0.2) is 4.98 Å². The fourth-order valence-electron chi connectivity index (χ4n) is 5.06. The Balaban J connectivity index is 1.79. The van der Waals surface area contributed by atoms with Crippen LogP contribution in [0.25, 0.3) is 0 Å². The molecule has 1 fully saturated rings. The van der Waals surface area contributed by atoms with E-state index in [0.717, 1.165) is 22.9 Å². The summed E-state index contributed by atoms with van der Waals surface area (Å²) in [6.07, 6.45) is 3.58. The van der Waals surface area contributed by atoms with Crippen LogP contribution in [-0.2, 0) is 36.0 Å². The lowest BCUT2D eigenvalue weighted by Gasteiger charge is -2.38. The van der Waals surface area contributed by atoms with Crippen molar-refractivity contribution < 1.29 is 22.1 Å². The van der Waals surface area contributed by atoms with Gasteiger partial charge in [-0.05, 0) is 23.1 Å². The van der Waals surface area contributed by atoms with Crippen LogP contribution in [0.2, 0.25) is 0 Å². The molecule has 0 radical (unpaired) electrons. The molecule has 1 aliphatic carbocycles. The highest BCUT2D eigenvalue weighted by atomic mass is 32.2. The molecule has 1 saturated carbocycles. The van der Waals surface area contributed by atoms with Crippen LogP contribution >= 0.6 is 0 Å². The zero-order valence-electron chi connectivity index (χ0n) is 20.7. The summed E-state index contributed by atoms with van der Waals surface area (Å²) in [4.78, 5) is 17.1. The maximum atomic E-state index is 12.2. The third-order valence-corrected chi connectivity index (χ3v) is 7.36. The van der Waals surface area contributed by atoms with Crippen LogP contribution in [-0.4, -0.2) is 37.3 Å². The molecular formula is C29H28N2O5S. The van der Waals surface area contributed by atoms with Gasteiger partial charge in [0.15, 0.2) is 0 Å². The lowest BCUT2D eigenvalue weighted by molar-refractivity contribution is -0.142. The van der Waals surface area contributed by atoms with Crippen LogP contribution < -0.4 is 0 Å². The number of hydrogen-bond acceptors (Lipinski definition) is 6. The first-order valence-electron chi connectivity index (χ1n) is 12.0. The first-order valence-corrected chi connectivity index (χ1v) is 13.8. The summed E-state index contributed by atoms with van der Waals surface area (Å²) < 4.78 is 36.2. The average molecular weight is 517 g/mol. The molecule has 7 nitrogen and oxygen atoms in total. The van der Waals surface area contributed by atoms with E-state index in [9.17, 15) is 13.2 Å². The van der Waals surface area contributed by atoms with Crippen molar-refractivity contribution in [2.75, 3.05) is 13.4 Å². The summed E-state index contributed by atoms with van der Waals surface area (Å²) in [5.74, 6) is -0.205. The molecule has 2 unspecified atom stereocenters. The first-order chi connectivity index (χ1) is 17.8. The van der Waals surface area contributed by atoms with Gasteiger partial charge in [-0.3, -0.25) is 8.98 Å². The zero-order valence-corrected chi connectivity index (χ0v) is 21.5. The van der Waals surface area contributed by atoms with E-state index in [0.29, 0.717) is 17.9 Å². The summed E-state index contributed by atoms with van der Waals surface area (Å²) >= 11 is 0. The molecule has 1 aromatic heterocycles. The number of hydrogen-bond donors (Lipinski definition) is 0. The summed E-state index contributed by atoms with van der Waals surface area (Å²) in [6, 6.07) is 30.1. The molecule has 0 spiro atoms. The summed E-state index contributed by atoms with van der Waals surface area (Å²) in [5.41, 5.74) is 2.72. The second-order valence-electron chi connectivity index (χ2n) is 9.20. The smallest absolute Gasteiger partial charge is 0.309 e. The van der Waals surface area contributed by atoms with Crippen molar-refractivity contribution in [1.82, 2.24) is 9.55 Å². The second-order valence-corrected chi connectivity index (χ2v) is 10.8. The number of esters is 1. The quantitative estimate of drug-likeness (QED) is 0.185. The van der Waals surface area contributed by atoms with Crippen molar-refractivity contribution in [2.45, 2.75) is 24.5 Å². The minimum Gasteiger partial charge on any atom is -0.469 e. The Bertz CT molecular complexity index is 1390. The topological polar surface area (TPSA) is 87.5 Å². The fraction of sp³-hybridized carbons (Fsp3) is 0.241. The van der Waals surface area contributed by atoms with E-state index < -0.39 is 15.7 Å².